The number of amides is 2. The summed E-state index contributed by atoms with van der Waals surface area (Å²) in [7, 11) is 1.76. The standard InChI is InChI=1S/C20H21N5O3S/c1-12-15(29-23-22-12)10-24(2)18(26)16-14-5-6-20(28-14)11-25(19(27)17(16)20)9-13-4-3-7-21-8-13/h3-8,14,16-17H,9-11H2,1-2H3/t14-,16?,17?,20-/m0/s1. The molecule has 0 aliphatic carbocycles. The van der Waals surface area contributed by atoms with Crippen LogP contribution in [0.3, 0.4) is 0 Å². The van der Waals surface area contributed by atoms with E-state index in [9.17, 15) is 9.59 Å². The Bertz CT molecular complexity index is 993. The van der Waals surface area contributed by atoms with Crippen LogP contribution in [0.2, 0.25) is 0 Å². The van der Waals surface area contributed by atoms with Gasteiger partial charge in [0.15, 0.2) is 0 Å². The monoisotopic (exact) mass is 411 g/mol. The van der Waals surface area contributed by atoms with E-state index in [2.05, 4.69) is 14.6 Å². The van der Waals surface area contributed by atoms with Crippen molar-refractivity contribution in [1.82, 2.24) is 24.4 Å². The Morgan fingerprint density at radius 3 is 3.07 bits per heavy atom. The topological polar surface area (TPSA) is 88.5 Å². The van der Waals surface area contributed by atoms with E-state index in [1.54, 1.807) is 29.2 Å². The number of aryl methyl sites for hydroxylation is 1. The van der Waals surface area contributed by atoms with Gasteiger partial charge in [0.25, 0.3) is 0 Å². The first kappa shape index (κ1) is 18.4. The van der Waals surface area contributed by atoms with E-state index in [1.807, 2.05) is 31.2 Å². The fourth-order valence-electron chi connectivity index (χ4n) is 4.65. The Balaban J connectivity index is 1.37. The highest BCUT2D eigenvalue weighted by Gasteiger charge is 2.67. The molecule has 8 nitrogen and oxygen atoms in total. The lowest BCUT2D eigenvalue weighted by Gasteiger charge is -2.27. The molecule has 5 heterocycles. The predicted octanol–water partition coefficient (Wildman–Crippen LogP) is 1.18. The molecule has 5 rings (SSSR count). The highest BCUT2D eigenvalue weighted by molar-refractivity contribution is 7.05. The van der Waals surface area contributed by atoms with Crippen molar-refractivity contribution in [2.75, 3.05) is 13.6 Å². The van der Waals surface area contributed by atoms with Crippen molar-refractivity contribution in [3.63, 3.8) is 0 Å². The van der Waals surface area contributed by atoms with Crippen LogP contribution in [0, 0.1) is 18.8 Å². The first-order valence-electron chi connectivity index (χ1n) is 9.56. The van der Waals surface area contributed by atoms with Crippen LogP contribution in [0.15, 0.2) is 36.7 Å². The Labute approximate surface area is 172 Å². The number of likely N-dealkylation sites (tertiary alicyclic amines) is 1. The number of hydrogen-bond donors (Lipinski definition) is 0. The summed E-state index contributed by atoms with van der Waals surface area (Å²) < 4.78 is 10.1. The Kier molecular flexibility index (Phi) is 4.25. The van der Waals surface area contributed by atoms with Gasteiger partial charge in [0.2, 0.25) is 11.8 Å². The second-order valence-corrected chi connectivity index (χ2v) is 8.77. The molecule has 2 aromatic heterocycles. The molecule has 150 valence electrons. The molecule has 4 atom stereocenters. The zero-order chi connectivity index (χ0) is 20.2. The van der Waals surface area contributed by atoms with Crippen molar-refractivity contribution >= 4 is 23.3 Å². The molecular weight excluding hydrogens is 390 g/mol. The van der Waals surface area contributed by atoms with Crippen molar-refractivity contribution in [3.8, 4) is 0 Å². The predicted molar refractivity (Wildman–Crippen MR) is 104 cm³/mol. The van der Waals surface area contributed by atoms with Crippen LogP contribution in [0.1, 0.15) is 16.1 Å². The molecule has 2 saturated heterocycles. The quantitative estimate of drug-likeness (QED) is 0.687. The van der Waals surface area contributed by atoms with Crippen LogP contribution in [-0.4, -0.2) is 61.5 Å². The minimum atomic E-state index is -0.701. The molecule has 1 spiro atoms. The molecule has 0 saturated carbocycles. The summed E-state index contributed by atoms with van der Waals surface area (Å²) in [6.07, 6.45) is 7.04. The van der Waals surface area contributed by atoms with E-state index < -0.39 is 17.4 Å². The van der Waals surface area contributed by atoms with Crippen LogP contribution >= 0.6 is 11.5 Å². The molecular formula is C20H21N5O3S. The third-order valence-electron chi connectivity index (χ3n) is 6.06. The maximum Gasteiger partial charge on any atom is 0.230 e. The fourth-order valence-corrected chi connectivity index (χ4v) is 5.34. The van der Waals surface area contributed by atoms with Gasteiger partial charge in [0.1, 0.15) is 5.60 Å². The van der Waals surface area contributed by atoms with Gasteiger partial charge in [-0.05, 0) is 30.1 Å². The van der Waals surface area contributed by atoms with Gasteiger partial charge in [-0.1, -0.05) is 22.7 Å². The molecule has 2 fully saturated rings. The van der Waals surface area contributed by atoms with Crippen LogP contribution in [0.4, 0.5) is 0 Å². The first-order chi connectivity index (χ1) is 14.0. The first-order valence-corrected chi connectivity index (χ1v) is 10.3. The summed E-state index contributed by atoms with van der Waals surface area (Å²) in [5, 5.41) is 4.01. The average Bonchev–Trinajstić information content (AvgIpc) is 3.45. The van der Waals surface area contributed by atoms with Gasteiger partial charge in [-0.25, -0.2) is 0 Å². The normalized spacial score (nSPS) is 29.5. The maximum absolute atomic E-state index is 13.3. The zero-order valence-corrected chi connectivity index (χ0v) is 17.0. The van der Waals surface area contributed by atoms with E-state index in [1.165, 1.54) is 11.5 Å². The Morgan fingerprint density at radius 2 is 2.34 bits per heavy atom. The lowest BCUT2D eigenvalue weighted by molar-refractivity contribution is -0.142. The van der Waals surface area contributed by atoms with Gasteiger partial charge < -0.3 is 14.5 Å². The summed E-state index contributed by atoms with van der Waals surface area (Å²) in [6, 6.07) is 3.80. The van der Waals surface area contributed by atoms with Crippen LogP contribution in [0.5, 0.6) is 0 Å². The second-order valence-electron chi connectivity index (χ2n) is 7.93. The van der Waals surface area contributed by atoms with Gasteiger partial charge in [-0.3, -0.25) is 14.6 Å². The lowest BCUT2D eigenvalue weighted by Crippen LogP contribution is -2.44. The van der Waals surface area contributed by atoms with E-state index in [0.717, 1.165) is 16.1 Å². The molecule has 3 aliphatic rings. The van der Waals surface area contributed by atoms with Crippen molar-refractivity contribution < 1.29 is 14.3 Å². The van der Waals surface area contributed by atoms with Crippen molar-refractivity contribution in [2.24, 2.45) is 11.8 Å². The number of aromatic nitrogens is 3. The van der Waals surface area contributed by atoms with E-state index in [0.29, 0.717) is 19.6 Å². The van der Waals surface area contributed by atoms with Crippen LogP contribution in [0.25, 0.3) is 0 Å². The van der Waals surface area contributed by atoms with E-state index in [-0.39, 0.29) is 17.9 Å². The lowest BCUT2D eigenvalue weighted by atomic mass is 9.76. The minimum Gasteiger partial charge on any atom is -0.360 e. The number of nitrogens with zero attached hydrogens (tertiary/aromatic N) is 5. The third kappa shape index (κ3) is 2.87. The van der Waals surface area contributed by atoms with Gasteiger partial charge in [-0.15, -0.1) is 5.10 Å². The smallest absolute Gasteiger partial charge is 0.230 e. The van der Waals surface area contributed by atoms with E-state index >= 15 is 0 Å². The largest absolute Gasteiger partial charge is 0.360 e. The van der Waals surface area contributed by atoms with Crippen molar-refractivity contribution in [3.05, 3.63) is 52.8 Å². The minimum absolute atomic E-state index is 0.0249. The van der Waals surface area contributed by atoms with Gasteiger partial charge >= 0.3 is 0 Å². The molecule has 29 heavy (non-hydrogen) atoms. The molecule has 3 aliphatic heterocycles. The van der Waals surface area contributed by atoms with Gasteiger partial charge in [0, 0.05) is 26.0 Å². The number of hydrogen-bond acceptors (Lipinski definition) is 7. The Hall–Kier alpha value is -2.65. The summed E-state index contributed by atoms with van der Waals surface area (Å²) >= 11 is 1.29. The fraction of sp³-hybridized carbons (Fsp3) is 0.450. The maximum atomic E-state index is 13.3. The second kappa shape index (κ2) is 6.70. The molecule has 9 heteroatoms. The molecule has 2 unspecified atom stereocenters. The van der Waals surface area contributed by atoms with Crippen molar-refractivity contribution in [2.45, 2.75) is 31.7 Å². The number of fused-ring (bicyclic) bond motifs is 1. The molecule has 0 radical (unpaired) electrons. The summed E-state index contributed by atoms with van der Waals surface area (Å²) in [5.74, 6) is -1.08. The average molecular weight is 411 g/mol. The molecule has 2 aromatic rings. The number of carbonyl (C=O) groups is 2. The van der Waals surface area contributed by atoms with Gasteiger partial charge in [0.05, 0.1) is 41.6 Å². The summed E-state index contributed by atoms with van der Waals surface area (Å²) in [4.78, 5) is 35.1. The molecule has 0 N–H and O–H groups in total. The van der Waals surface area contributed by atoms with Crippen molar-refractivity contribution in [1.29, 1.82) is 0 Å². The highest BCUT2D eigenvalue weighted by Crippen LogP contribution is 2.52. The molecule has 2 bridgehead atoms. The molecule has 0 aromatic carbocycles. The zero-order valence-electron chi connectivity index (χ0n) is 16.2. The number of carbonyl (C=O) groups excluding carboxylic acids is 2. The van der Waals surface area contributed by atoms with Crippen LogP contribution < -0.4 is 0 Å². The number of ether oxygens (including phenoxy) is 1. The number of rotatable bonds is 5. The molecule has 2 amide bonds. The SMILES string of the molecule is Cc1nnsc1CN(C)C(=O)C1C2C(=O)N(Cc3cccnc3)C[C@@]23C=C[C@@H]1O3. The van der Waals surface area contributed by atoms with E-state index in [4.69, 9.17) is 4.74 Å². The Morgan fingerprint density at radius 1 is 1.48 bits per heavy atom. The summed E-state index contributed by atoms with van der Waals surface area (Å²) in [5.41, 5.74) is 1.09. The third-order valence-corrected chi connectivity index (χ3v) is 6.87. The summed E-state index contributed by atoms with van der Waals surface area (Å²) in [6.45, 7) is 3.24. The number of pyridine rings is 1. The van der Waals surface area contributed by atoms with Crippen LogP contribution in [-0.2, 0) is 27.4 Å². The highest BCUT2D eigenvalue weighted by atomic mass is 32.1. The van der Waals surface area contributed by atoms with Gasteiger partial charge in [-0.2, -0.15) is 0 Å².